The van der Waals surface area contributed by atoms with Gasteiger partial charge in [-0.05, 0) is 26.0 Å². The van der Waals surface area contributed by atoms with Crippen molar-refractivity contribution in [3.63, 3.8) is 0 Å². The summed E-state index contributed by atoms with van der Waals surface area (Å²) < 4.78 is 10.3. The first-order valence-electron chi connectivity index (χ1n) is 6.68. The van der Waals surface area contributed by atoms with Crippen LogP contribution in [0.2, 0.25) is 0 Å². The van der Waals surface area contributed by atoms with Gasteiger partial charge in [0.2, 0.25) is 0 Å². The summed E-state index contributed by atoms with van der Waals surface area (Å²) in [4.78, 5) is 24.9. The van der Waals surface area contributed by atoms with E-state index in [-0.39, 0.29) is 12.3 Å². The van der Waals surface area contributed by atoms with Crippen molar-refractivity contribution < 1.29 is 24.2 Å². The van der Waals surface area contributed by atoms with Gasteiger partial charge in [0.05, 0.1) is 20.6 Å². The molecule has 0 radical (unpaired) electrons. The number of rotatable bonds is 7. The van der Waals surface area contributed by atoms with E-state index in [1.54, 1.807) is 25.1 Å². The van der Waals surface area contributed by atoms with Crippen LogP contribution in [0.3, 0.4) is 0 Å². The molecule has 0 saturated heterocycles. The summed E-state index contributed by atoms with van der Waals surface area (Å²) in [7, 11) is 3.02. The van der Waals surface area contributed by atoms with Crippen molar-refractivity contribution in [3.05, 3.63) is 23.8 Å². The molecule has 0 aromatic heterocycles. The highest BCUT2D eigenvalue weighted by Gasteiger charge is 2.23. The Morgan fingerprint density at radius 2 is 1.71 bits per heavy atom. The average Bonchev–Trinajstić information content (AvgIpc) is 2.46. The van der Waals surface area contributed by atoms with E-state index >= 15 is 0 Å². The van der Waals surface area contributed by atoms with Crippen LogP contribution in [0.1, 0.15) is 30.6 Å². The number of carbonyl (C=O) groups excluding carboxylic acids is 1. The molecule has 0 fully saturated rings. The van der Waals surface area contributed by atoms with Crippen molar-refractivity contribution in [1.82, 2.24) is 4.90 Å². The SMILES string of the molecule is CCN(C(=O)c1cc(OC)cc(OC)c1)C(C)CC(=O)O. The van der Waals surface area contributed by atoms with E-state index in [2.05, 4.69) is 0 Å². The summed E-state index contributed by atoms with van der Waals surface area (Å²) in [6.45, 7) is 3.95. The van der Waals surface area contributed by atoms with Gasteiger partial charge in [0.15, 0.2) is 0 Å². The van der Waals surface area contributed by atoms with Gasteiger partial charge in [-0.25, -0.2) is 0 Å². The second kappa shape index (κ2) is 7.52. The van der Waals surface area contributed by atoms with Gasteiger partial charge in [0, 0.05) is 24.2 Å². The first-order chi connectivity index (χ1) is 9.92. The number of aliphatic carboxylic acids is 1. The van der Waals surface area contributed by atoms with Gasteiger partial charge in [0.25, 0.3) is 5.91 Å². The van der Waals surface area contributed by atoms with E-state index in [9.17, 15) is 9.59 Å². The summed E-state index contributed by atoms with van der Waals surface area (Å²) in [5.41, 5.74) is 0.408. The molecule has 1 unspecified atom stereocenters. The second-order valence-electron chi connectivity index (χ2n) is 4.64. The molecule has 116 valence electrons. The zero-order valence-electron chi connectivity index (χ0n) is 12.8. The predicted molar refractivity (Wildman–Crippen MR) is 78.0 cm³/mol. The molecule has 1 amide bonds. The number of carbonyl (C=O) groups is 2. The zero-order chi connectivity index (χ0) is 16.0. The number of nitrogens with zero attached hydrogens (tertiary/aromatic N) is 1. The maximum atomic E-state index is 12.6. The summed E-state index contributed by atoms with van der Waals surface area (Å²) >= 11 is 0. The molecular formula is C15H21NO5. The molecule has 1 atom stereocenters. The lowest BCUT2D eigenvalue weighted by Crippen LogP contribution is -2.39. The molecule has 6 nitrogen and oxygen atoms in total. The third kappa shape index (κ3) is 4.37. The number of methoxy groups -OCH3 is 2. The molecule has 0 aliphatic carbocycles. The Kier molecular flexibility index (Phi) is 6.02. The predicted octanol–water partition coefficient (Wildman–Crippen LogP) is 2.03. The van der Waals surface area contributed by atoms with Gasteiger partial charge in [-0.15, -0.1) is 0 Å². The Morgan fingerprint density at radius 3 is 2.10 bits per heavy atom. The van der Waals surface area contributed by atoms with Gasteiger partial charge >= 0.3 is 5.97 Å². The highest BCUT2D eigenvalue weighted by molar-refractivity contribution is 5.95. The molecule has 1 N–H and O–H groups in total. The lowest BCUT2D eigenvalue weighted by Gasteiger charge is -2.27. The van der Waals surface area contributed by atoms with Crippen molar-refractivity contribution in [2.45, 2.75) is 26.3 Å². The van der Waals surface area contributed by atoms with Crippen molar-refractivity contribution >= 4 is 11.9 Å². The lowest BCUT2D eigenvalue weighted by atomic mass is 10.1. The van der Waals surface area contributed by atoms with E-state index < -0.39 is 12.0 Å². The van der Waals surface area contributed by atoms with E-state index in [1.165, 1.54) is 19.1 Å². The van der Waals surface area contributed by atoms with E-state index in [4.69, 9.17) is 14.6 Å². The number of ether oxygens (including phenoxy) is 2. The fourth-order valence-electron chi connectivity index (χ4n) is 2.12. The Morgan fingerprint density at radius 1 is 1.19 bits per heavy atom. The minimum absolute atomic E-state index is 0.0965. The van der Waals surface area contributed by atoms with E-state index in [1.807, 2.05) is 6.92 Å². The van der Waals surface area contributed by atoms with Crippen LogP contribution in [0.25, 0.3) is 0 Å². The maximum absolute atomic E-state index is 12.6. The molecule has 6 heteroatoms. The minimum atomic E-state index is -0.933. The fourth-order valence-corrected chi connectivity index (χ4v) is 2.12. The average molecular weight is 295 g/mol. The summed E-state index contributed by atoms with van der Waals surface area (Å²) in [6.07, 6.45) is -0.0965. The van der Waals surface area contributed by atoms with Gasteiger partial charge < -0.3 is 19.5 Å². The van der Waals surface area contributed by atoms with Crippen LogP contribution in [-0.2, 0) is 4.79 Å². The van der Waals surface area contributed by atoms with E-state index in [0.717, 1.165) is 0 Å². The number of carboxylic acid groups (broad SMARTS) is 1. The van der Waals surface area contributed by atoms with Crippen LogP contribution in [0, 0.1) is 0 Å². The second-order valence-corrected chi connectivity index (χ2v) is 4.64. The van der Waals surface area contributed by atoms with E-state index in [0.29, 0.717) is 23.6 Å². The number of carboxylic acids is 1. The molecule has 0 aliphatic rings. The standard InChI is InChI=1S/C15H21NO5/c1-5-16(10(2)6-14(17)18)15(19)11-7-12(20-3)9-13(8-11)21-4/h7-10H,5-6H2,1-4H3,(H,17,18). The molecule has 1 aromatic rings. The van der Waals surface area contributed by atoms with Gasteiger partial charge in [0.1, 0.15) is 11.5 Å². The summed E-state index contributed by atoms with van der Waals surface area (Å²) in [6, 6.07) is 4.51. The minimum Gasteiger partial charge on any atom is -0.497 e. The highest BCUT2D eigenvalue weighted by atomic mass is 16.5. The largest absolute Gasteiger partial charge is 0.497 e. The van der Waals surface area contributed by atoms with Gasteiger partial charge in [-0.3, -0.25) is 9.59 Å². The Labute approximate surface area is 124 Å². The van der Waals surface area contributed by atoms with Crippen LogP contribution < -0.4 is 9.47 Å². The molecule has 0 bridgehead atoms. The Balaban J connectivity index is 3.06. The lowest BCUT2D eigenvalue weighted by molar-refractivity contribution is -0.138. The summed E-state index contributed by atoms with van der Waals surface area (Å²) in [5, 5.41) is 8.87. The van der Waals surface area contributed by atoms with Crippen LogP contribution >= 0.6 is 0 Å². The molecule has 21 heavy (non-hydrogen) atoms. The number of hydrogen-bond acceptors (Lipinski definition) is 4. The van der Waals surface area contributed by atoms with Crippen molar-refractivity contribution in [2.75, 3.05) is 20.8 Å². The number of amides is 1. The van der Waals surface area contributed by atoms with Gasteiger partial charge in [-0.2, -0.15) is 0 Å². The van der Waals surface area contributed by atoms with Crippen molar-refractivity contribution in [2.24, 2.45) is 0 Å². The molecule has 0 heterocycles. The highest BCUT2D eigenvalue weighted by Crippen LogP contribution is 2.24. The fraction of sp³-hybridized carbons (Fsp3) is 0.467. The van der Waals surface area contributed by atoms with Crippen LogP contribution in [0.5, 0.6) is 11.5 Å². The number of benzene rings is 1. The first kappa shape index (κ1) is 16.8. The monoisotopic (exact) mass is 295 g/mol. The Hall–Kier alpha value is -2.24. The van der Waals surface area contributed by atoms with Crippen LogP contribution in [0.15, 0.2) is 18.2 Å². The topological polar surface area (TPSA) is 76.1 Å². The van der Waals surface area contributed by atoms with Crippen molar-refractivity contribution in [3.8, 4) is 11.5 Å². The molecule has 1 aromatic carbocycles. The molecule has 0 saturated carbocycles. The van der Waals surface area contributed by atoms with Crippen molar-refractivity contribution in [1.29, 1.82) is 0 Å². The molecule has 1 rings (SSSR count). The Bertz CT molecular complexity index is 493. The summed E-state index contributed by atoms with van der Waals surface area (Å²) in [5.74, 6) is -0.153. The van der Waals surface area contributed by atoms with Crippen LogP contribution in [0.4, 0.5) is 0 Å². The quantitative estimate of drug-likeness (QED) is 0.833. The smallest absolute Gasteiger partial charge is 0.305 e. The normalized spacial score (nSPS) is 11.6. The van der Waals surface area contributed by atoms with Crippen LogP contribution in [-0.4, -0.2) is 48.7 Å². The third-order valence-corrected chi connectivity index (χ3v) is 3.20. The van der Waals surface area contributed by atoms with Gasteiger partial charge in [-0.1, -0.05) is 0 Å². The zero-order valence-corrected chi connectivity index (χ0v) is 12.8. The molecule has 0 aliphatic heterocycles. The molecule has 0 spiro atoms. The maximum Gasteiger partial charge on any atom is 0.305 e. The third-order valence-electron chi connectivity index (χ3n) is 3.20. The number of hydrogen-bond donors (Lipinski definition) is 1. The molecular weight excluding hydrogens is 274 g/mol. The first-order valence-corrected chi connectivity index (χ1v) is 6.68.